The molecule has 3 aliphatic carbocycles. The Balaban J connectivity index is 1.37. The van der Waals surface area contributed by atoms with Gasteiger partial charge >= 0.3 is 0 Å². The Kier molecular flexibility index (Phi) is 6.55. The van der Waals surface area contributed by atoms with Gasteiger partial charge in [0.25, 0.3) is 0 Å². The summed E-state index contributed by atoms with van der Waals surface area (Å²) in [7, 11) is 3.46. The minimum absolute atomic E-state index is 0.0851. The number of thiazole rings is 1. The number of anilines is 2. The van der Waals surface area contributed by atoms with Gasteiger partial charge in [0.1, 0.15) is 22.8 Å². The zero-order valence-corrected chi connectivity index (χ0v) is 23.5. The molecule has 3 aliphatic rings. The second kappa shape index (κ2) is 9.97. The smallest absolute Gasteiger partial charge is 0.187 e. The first-order valence-electron chi connectivity index (χ1n) is 13.3. The van der Waals surface area contributed by atoms with Crippen LogP contribution >= 0.6 is 11.3 Å². The van der Waals surface area contributed by atoms with Crippen LogP contribution in [-0.2, 0) is 20.8 Å². The van der Waals surface area contributed by atoms with Crippen LogP contribution in [0.1, 0.15) is 24.5 Å². The molecule has 2 aromatic carbocycles. The molecule has 0 saturated heterocycles. The van der Waals surface area contributed by atoms with Gasteiger partial charge in [0.15, 0.2) is 22.5 Å². The summed E-state index contributed by atoms with van der Waals surface area (Å²) in [5, 5.41) is 39.2. The van der Waals surface area contributed by atoms with Gasteiger partial charge in [-0.05, 0) is 57.3 Å². The van der Waals surface area contributed by atoms with Gasteiger partial charge in [-0.1, -0.05) is 36.4 Å². The number of aromatic hydroxyl groups is 1. The number of ketones is 3. The number of Topliss-reactive ketones (excluding diaryl/α,β-unsaturated/α-hetero) is 3. The summed E-state index contributed by atoms with van der Waals surface area (Å²) in [5.74, 6) is -4.96. The number of fused-ring (bicyclic) bond motifs is 3. The molecule has 1 heterocycles. The minimum Gasteiger partial charge on any atom is -0.510 e. The third kappa shape index (κ3) is 4.25. The molecule has 3 unspecified atom stereocenters. The first-order chi connectivity index (χ1) is 19.6. The highest BCUT2D eigenvalue weighted by atomic mass is 32.1. The molecule has 4 atom stereocenters. The van der Waals surface area contributed by atoms with Crippen LogP contribution in [0.15, 0.2) is 64.8 Å². The summed E-state index contributed by atoms with van der Waals surface area (Å²) in [6.07, 6.45) is 0.715. The van der Waals surface area contributed by atoms with Crippen molar-refractivity contribution in [2.75, 3.05) is 19.4 Å². The Hall–Kier alpha value is -4.28. The Morgan fingerprint density at radius 3 is 2.46 bits per heavy atom. The van der Waals surface area contributed by atoms with E-state index < -0.39 is 41.1 Å². The summed E-state index contributed by atoms with van der Waals surface area (Å²) in [6.45, 7) is 1.19. The summed E-state index contributed by atoms with van der Waals surface area (Å²) >= 11 is 1.37. The molecule has 210 valence electrons. The first kappa shape index (κ1) is 26.9. The lowest BCUT2D eigenvalue weighted by Crippen LogP contribution is -2.55. The van der Waals surface area contributed by atoms with Crippen molar-refractivity contribution in [1.82, 2.24) is 9.88 Å². The number of nitrogens with one attached hydrogen (secondary N) is 1. The summed E-state index contributed by atoms with van der Waals surface area (Å²) < 4.78 is 0. The van der Waals surface area contributed by atoms with E-state index in [0.717, 1.165) is 11.3 Å². The van der Waals surface area contributed by atoms with Gasteiger partial charge in [0.2, 0.25) is 0 Å². The maximum atomic E-state index is 13.9. The van der Waals surface area contributed by atoms with Crippen LogP contribution in [-0.4, -0.2) is 62.7 Å². The highest BCUT2D eigenvalue weighted by molar-refractivity contribution is 7.14. The minimum atomic E-state index is -1.21. The number of phenols is 1. The second-order valence-corrected chi connectivity index (χ2v) is 11.9. The lowest BCUT2D eigenvalue weighted by Gasteiger charge is -2.46. The fraction of sp³-hybridized carbons (Fsp3) is 0.290. The van der Waals surface area contributed by atoms with Gasteiger partial charge in [-0.3, -0.25) is 19.3 Å². The molecular formula is C31H29N3O6S. The van der Waals surface area contributed by atoms with E-state index in [0.29, 0.717) is 29.2 Å². The number of benzene rings is 2. The van der Waals surface area contributed by atoms with Crippen LogP contribution in [0.3, 0.4) is 0 Å². The largest absolute Gasteiger partial charge is 0.510 e. The van der Waals surface area contributed by atoms with Crippen LogP contribution in [0.5, 0.6) is 5.75 Å². The van der Waals surface area contributed by atoms with Crippen LogP contribution in [0.4, 0.5) is 10.8 Å². The number of rotatable bonds is 5. The van der Waals surface area contributed by atoms with Crippen molar-refractivity contribution in [3.8, 4) is 17.0 Å². The number of allylic oxidation sites excluding steroid dienone is 2. The van der Waals surface area contributed by atoms with E-state index >= 15 is 0 Å². The SMILES string of the molecule is CC(=O)C1=C(O)[C@@H](N(C)C)C2CC3Cc4ccc(Nc5nc(-c6ccccc6)cs5)c(O)c4C(O)=C3C(=O)C2C1=O. The molecular weight excluding hydrogens is 542 g/mol. The molecule has 1 aromatic heterocycles. The molecule has 4 N–H and O–H groups in total. The molecule has 0 amide bonds. The topological polar surface area (TPSA) is 140 Å². The lowest BCUT2D eigenvalue weighted by molar-refractivity contribution is -0.136. The van der Waals surface area contributed by atoms with E-state index in [2.05, 4.69) is 10.3 Å². The molecule has 3 aromatic rings. The quantitative estimate of drug-likeness (QED) is 0.193. The molecule has 41 heavy (non-hydrogen) atoms. The number of aliphatic hydroxyl groups excluding tert-OH is 2. The van der Waals surface area contributed by atoms with E-state index in [4.69, 9.17) is 0 Å². The van der Waals surface area contributed by atoms with E-state index in [-0.39, 0.29) is 34.0 Å². The van der Waals surface area contributed by atoms with Crippen molar-refractivity contribution in [2.45, 2.75) is 25.8 Å². The summed E-state index contributed by atoms with van der Waals surface area (Å²) in [5.41, 5.74) is 2.59. The predicted molar refractivity (Wildman–Crippen MR) is 155 cm³/mol. The number of carbonyl (C=O) groups excluding carboxylic acids is 3. The molecule has 0 bridgehead atoms. The number of carbonyl (C=O) groups is 3. The van der Waals surface area contributed by atoms with Crippen LogP contribution in [0, 0.1) is 17.8 Å². The number of hydrogen-bond donors (Lipinski definition) is 4. The van der Waals surface area contributed by atoms with Crippen molar-refractivity contribution in [2.24, 2.45) is 17.8 Å². The molecule has 10 heteroatoms. The maximum Gasteiger partial charge on any atom is 0.187 e. The fourth-order valence-corrected chi connectivity index (χ4v) is 7.37. The molecule has 9 nitrogen and oxygen atoms in total. The Bertz CT molecular complexity index is 1670. The van der Waals surface area contributed by atoms with Gasteiger partial charge < -0.3 is 20.6 Å². The number of likely N-dealkylation sites (N-methyl/N-ethyl adjacent to an activating group) is 1. The number of phenolic OH excluding ortho intramolecular Hbond substituents is 1. The first-order valence-corrected chi connectivity index (χ1v) is 14.2. The van der Waals surface area contributed by atoms with Gasteiger partial charge in [-0.15, -0.1) is 11.3 Å². The van der Waals surface area contributed by atoms with Gasteiger partial charge in [-0.2, -0.15) is 0 Å². The average Bonchev–Trinajstić information content (AvgIpc) is 3.38. The van der Waals surface area contributed by atoms with Crippen LogP contribution in [0.25, 0.3) is 17.0 Å². The van der Waals surface area contributed by atoms with Crippen LogP contribution < -0.4 is 5.32 Å². The summed E-state index contributed by atoms with van der Waals surface area (Å²) in [6, 6.07) is 12.5. The number of aromatic nitrogens is 1. The Morgan fingerprint density at radius 1 is 1.05 bits per heavy atom. The number of hydrogen-bond acceptors (Lipinski definition) is 10. The molecule has 1 saturated carbocycles. The zero-order valence-electron chi connectivity index (χ0n) is 22.7. The highest BCUT2D eigenvalue weighted by Gasteiger charge is 2.55. The van der Waals surface area contributed by atoms with Crippen molar-refractivity contribution in [3.63, 3.8) is 0 Å². The van der Waals surface area contributed by atoms with Crippen LogP contribution in [0.2, 0.25) is 0 Å². The fourth-order valence-electron chi connectivity index (χ4n) is 6.64. The number of aliphatic hydroxyl groups is 2. The van der Waals surface area contributed by atoms with Gasteiger partial charge in [0.05, 0.1) is 28.9 Å². The number of nitrogens with zero attached hydrogens (tertiary/aromatic N) is 2. The van der Waals surface area contributed by atoms with E-state index in [1.165, 1.54) is 18.3 Å². The maximum absolute atomic E-state index is 13.9. The Morgan fingerprint density at radius 2 is 1.78 bits per heavy atom. The third-order valence-corrected chi connectivity index (χ3v) is 9.12. The molecule has 0 radical (unpaired) electrons. The average molecular weight is 572 g/mol. The van der Waals surface area contributed by atoms with E-state index in [9.17, 15) is 29.7 Å². The standard InChI is InChI=1S/C31H29N3O6S/c1-14(35)21-27(37)24-18(25(30(21)40)34(2)3)12-17-11-16-9-10-19(26(36)22(16)28(38)23(17)29(24)39)32-31-33-20(13-41-31)15-7-5-4-6-8-15/h4-10,13,17-18,24-25,36,38,40H,11-12H2,1-3H3,(H,32,33)/t17?,18?,24?,25-/m0/s1. The van der Waals surface area contributed by atoms with Crippen molar-refractivity contribution in [3.05, 3.63) is 75.9 Å². The van der Waals surface area contributed by atoms with Crippen molar-refractivity contribution in [1.29, 1.82) is 0 Å². The van der Waals surface area contributed by atoms with Crippen molar-refractivity contribution < 1.29 is 29.7 Å². The third-order valence-electron chi connectivity index (χ3n) is 8.36. The zero-order chi connectivity index (χ0) is 29.2. The van der Waals surface area contributed by atoms with E-state index in [1.54, 1.807) is 31.1 Å². The highest BCUT2D eigenvalue weighted by Crippen LogP contribution is 2.51. The normalized spacial score (nSPS) is 23.8. The van der Waals surface area contributed by atoms with E-state index in [1.807, 2.05) is 35.7 Å². The van der Waals surface area contributed by atoms with Gasteiger partial charge in [-0.25, -0.2) is 4.98 Å². The van der Waals surface area contributed by atoms with Crippen molar-refractivity contribution >= 4 is 45.3 Å². The molecule has 0 aliphatic heterocycles. The molecule has 1 fully saturated rings. The lowest BCUT2D eigenvalue weighted by atomic mass is 9.59. The molecule has 6 rings (SSSR count). The molecule has 0 spiro atoms. The Labute approximate surface area is 240 Å². The van der Waals surface area contributed by atoms with Gasteiger partial charge in [0, 0.05) is 16.5 Å². The predicted octanol–water partition coefficient (Wildman–Crippen LogP) is 4.82. The summed E-state index contributed by atoms with van der Waals surface area (Å²) in [4.78, 5) is 45.9. The monoisotopic (exact) mass is 571 g/mol. The second-order valence-electron chi connectivity index (χ2n) is 11.0.